The van der Waals surface area contributed by atoms with Crippen LogP contribution in [0, 0.1) is 17.8 Å². The Balaban J connectivity index is 1.62. The highest BCUT2D eigenvalue weighted by atomic mass is 32.2. The van der Waals surface area contributed by atoms with Crippen molar-refractivity contribution in [1.29, 1.82) is 0 Å². The summed E-state index contributed by atoms with van der Waals surface area (Å²) in [6.07, 6.45) is 5.14. The van der Waals surface area contributed by atoms with E-state index in [1.54, 1.807) is 12.1 Å². The molecule has 6 heteroatoms. The predicted octanol–water partition coefficient (Wildman–Crippen LogP) is 1.92. The Bertz CT molecular complexity index is 553. The summed E-state index contributed by atoms with van der Waals surface area (Å²) in [6, 6.07) is 3.44. The zero-order chi connectivity index (χ0) is 13.5. The highest BCUT2D eigenvalue weighted by Gasteiger charge is 2.39. The number of nitrogens with one attached hydrogen (secondary N) is 1. The van der Waals surface area contributed by atoms with E-state index in [4.69, 9.17) is 5.73 Å². The van der Waals surface area contributed by atoms with Crippen LogP contribution in [0.2, 0.25) is 0 Å². The second-order valence-electron chi connectivity index (χ2n) is 5.71. The van der Waals surface area contributed by atoms with E-state index in [1.807, 2.05) is 0 Å². The van der Waals surface area contributed by atoms with Crippen LogP contribution in [-0.2, 0) is 16.6 Å². The standard InChI is InChI=1S/C13H20N2O2S2/c14-7-12-3-4-13(18-12)19(16,17)15-8-11-6-9-1-2-10(11)5-9/h3-4,9-11,15H,1-2,5-8,14H2. The molecule has 3 unspecified atom stereocenters. The van der Waals surface area contributed by atoms with Crippen molar-refractivity contribution in [3.8, 4) is 0 Å². The number of sulfonamides is 1. The molecule has 0 saturated heterocycles. The first kappa shape index (κ1) is 13.5. The van der Waals surface area contributed by atoms with Crippen LogP contribution >= 0.6 is 11.3 Å². The minimum Gasteiger partial charge on any atom is -0.326 e. The van der Waals surface area contributed by atoms with E-state index in [9.17, 15) is 8.42 Å². The summed E-state index contributed by atoms with van der Waals surface area (Å²) in [7, 11) is -3.34. The van der Waals surface area contributed by atoms with Gasteiger partial charge in [0.05, 0.1) is 0 Å². The third-order valence-corrected chi connectivity index (χ3v) is 7.55. The molecule has 1 aromatic rings. The van der Waals surface area contributed by atoms with Gasteiger partial charge in [-0.25, -0.2) is 13.1 Å². The van der Waals surface area contributed by atoms with Crippen molar-refractivity contribution in [2.24, 2.45) is 23.5 Å². The quantitative estimate of drug-likeness (QED) is 0.872. The van der Waals surface area contributed by atoms with Gasteiger partial charge in [-0.2, -0.15) is 0 Å². The van der Waals surface area contributed by atoms with Gasteiger partial charge in [0.15, 0.2) is 0 Å². The van der Waals surface area contributed by atoms with E-state index in [1.165, 1.54) is 37.0 Å². The smallest absolute Gasteiger partial charge is 0.250 e. The molecule has 0 spiro atoms. The zero-order valence-corrected chi connectivity index (χ0v) is 12.5. The predicted molar refractivity (Wildman–Crippen MR) is 76.3 cm³/mol. The van der Waals surface area contributed by atoms with Gasteiger partial charge in [-0.1, -0.05) is 6.42 Å². The van der Waals surface area contributed by atoms with E-state index in [2.05, 4.69) is 4.72 Å². The van der Waals surface area contributed by atoms with E-state index in [0.29, 0.717) is 23.2 Å². The van der Waals surface area contributed by atoms with Crippen molar-refractivity contribution in [3.63, 3.8) is 0 Å². The molecule has 2 bridgehead atoms. The molecule has 3 N–H and O–H groups in total. The first-order chi connectivity index (χ1) is 9.08. The highest BCUT2D eigenvalue weighted by Crippen LogP contribution is 2.48. The average molecular weight is 300 g/mol. The maximum atomic E-state index is 12.2. The zero-order valence-electron chi connectivity index (χ0n) is 10.8. The Hall–Kier alpha value is -0.430. The molecular formula is C13H20N2O2S2. The normalized spacial score (nSPS) is 30.1. The van der Waals surface area contributed by atoms with Crippen molar-refractivity contribution < 1.29 is 8.42 Å². The molecule has 2 saturated carbocycles. The third kappa shape index (κ3) is 2.72. The van der Waals surface area contributed by atoms with Gasteiger partial charge in [0, 0.05) is 18.0 Å². The summed E-state index contributed by atoms with van der Waals surface area (Å²) in [5.74, 6) is 2.14. The second-order valence-corrected chi connectivity index (χ2v) is 8.87. The van der Waals surface area contributed by atoms with Crippen LogP contribution in [0.25, 0.3) is 0 Å². The lowest BCUT2D eigenvalue weighted by Gasteiger charge is -2.21. The molecular weight excluding hydrogens is 280 g/mol. The molecule has 3 atom stereocenters. The maximum absolute atomic E-state index is 12.2. The highest BCUT2D eigenvalue weighted by molar-refractivity contribution is 7.91. The van der Waals surface area contributed by atoms with Gasteiger partial charge in [-0.3, -0.25) is 0 Å². The Labute approximate surface area is 118 Å². The molecule has 1 aromatic heterocycles. The molecule has 106 valence electrons. The van der Waals surface area contributed by atoms with E-state index >= 15 is 0 Å². The molecule has 2 aliphatic carbocycles. The topological polar surface area (TPSA) is 72.2 Å². The number of hydrogen-bond acceptors (Lipinski definition) is 4. The molecule has 1 heterocycles. The third-order valence-electron chi connectivity index (χ3n) is 4.52. The fourth-order valence-electron chi connectivity index (χ4n) is 3.53. The molecule has 2 fully saturated rings. The van der Waals surface area contributed by atoms with Crippen LogP contribution in [0.3, 0.4) is 0 Å². The molecule has 0 radical (unpaired) electrons. The van der Waals surface area contributed by atoms with Gasteiger partial charge >= 0.3 is 0 Å². The van der Waals surface area contributed by atoms with Crippen LogP contribution < -0.4 is 10.5 Å². The van der Waals surface area contributed by atoms with Crippen LogP contribution in [-0.4, -0.2) is 15.0 Å². The van der Waals surface area contributed by atoms with Crippen molar-refractivity contribution in [1.82, 2.24) is 4.72 Å². The molecule has 3 rings (SSSR count). The van der Waals surface area contributed by atoms with Gasteiger partial charge in [-0.15, -0.1) is 11.3 Å². The summed E-state index contributed by atoms with van der Waals surface area (Å²) in [5, 5.41) is 0. The summed E-state index contributed by atoms with van der Waals surface area (Å²) < 4.78 is 27.5. The van der Waals surface area contributed by atoms with Crippen LogP contribution in [0.1, 0.15) is 30.6 Å². The molecule has 4 nitrogen and oxygen atoms in total. The van der Waals surface area contributed by atoms with Crippen molar-refractivity contribution in [2.75, 3.05) is 6.54 Å². The van der Waals surface area contributed by atoms with Gasteiger partial charge in [0.2, 0.25) is 10.0 Å². The van der Waals surface area contributed by atoms with Crippen molar-refractivity contribution >= 4 is 21.4 Å². The SMILES string of the molecule is NCc1ccc(S(=O)(=O)NCC2CC3CCC2C3)s1. The van der Waals surface area contributed by atoms with E-state index < -0.39 is 10.0 Å². The summed E-state index contributed by atoms with van der Waals surface area (Å²) >= 11 is 1.26. The number of hydrogen-bond donors (Lipinski definition) is 2. The fourth-order valence-corrected chi connectivity index (χ4v) is 5.90. The van der Waals surface area contributed by atoms with Gasteiger partial charge in [0.1, 0.15) is 4.21 Å². The minimum absolute atomic E-state index is 0.385. The second kappa shape index (κ2) is 5.16. The number of rotatable bonds is 5. The lowest BCUT2D eigenvalue weighted by atomic mass is 9.89. The first-order valence-corrected chi connectivity index (χ1v) is 9.17. The Morgan fingerprint density at radius 1 is 1.32 bits per heavy atom. The lowest BCUT2D eigenvalue weighted by molar-refractivity contribution is 0.333. The number of fused-ring (bicyclic) bond motifs is 2. The van der Waals surface area contributed by atoms with Crippen LogP contribution in [0.15, 0.2) is 16.3 Å². The Morgan fingerprint density at radius 3 is 2.74 bits per heavy atom. The van der Waals surface area contributed by atoms with Crippen LogP contribution in [0.5, 0.6) is 0 Å². The summed E-state index contributed by atoms with van der Waals surface area (Å²) in [5.41, 5.74) is 5.52. The minimum atomic E-state index is -3.34. The van der Waals surface area contributed by atoms with Gasteiger partial charge in [-0.05, 0) is 49.1 Å². The van der Waals surface area contributed by atoms with Crippen LogP contribution in [0.4, 0.5) is 0 Å². The van der Waals surface area contributed by atoms with Gasteiger partial charge < -0.3 is 5.73 Å². The van der Waals surface area contributed by atoms with Crippen molar-refractivity contribution in [3.05, 3.63) is 17.0 Å². The Kier molecular flexibility index (Phi) is 3.68. The average Bonchev–Trinajstić information content (AvgIpc) is 3.11. The number of thiophene rings is 1. The lowest BCUT2D eigenvalue weighted by Crippen LogP contribution is -2.31. The molecule has 0 amide bonds. The monoisotopic (exact) mass is 300 g/mol. The summed E-state index contributed by atoms with van der Waals surface area (Å²) in [4.78, 5) is 0.903. The fraction of sp³-hybridized carbons (Fsp3) is 0.692. The molecule has 0 aliphatic heterocycles. The van der Waals surface area contributed by atoms with E-state index in [0.717, 1.165) is 16.7 Å². The first-order valence-electron chi connectivity index (χ1n) is 6.87. The van der Waals surface area contributed by atoms with E-state index in [-0.39, 0.29) is 0 Å². The summed E-state index contributed by atoms with van der Waals surface area (Å²) in [6.45, 7) is 0.992. The van der Waals surface area contributed by atoms with Crippen molar-refractivity contribution in [2.45, 2.75) is 36.4 Å². The molecule has 19 heavy (non-hydrogen) atoms. The molecule has 2 aliphatic rings. The maximum Gasteiger partial charge on any atom is 0.250 e. The largest absolute Gasteiger partial charge is 0.326 e. The van der Waals surface area contributed by atoms with Gasteiger partial charge in [0.25, 0.3) is 0 Å². The number of nitrogens with two attached hydrogens (primary N) is 1. The Morgan fingerprint density at radius 2 is 2.16 bits per heavy atom. The molecule has 0 aromatic carbocycles.